The summed E-state index contributed by atoms with van der Waals surface area (Å²) < 4.78 is 5.31. The molecule has 1 saturated heterocycles. The van der Waals surface area contributed by atoms with Crippen molar-refractivity contribution in [3.8, 4) is 0 Å². The maximum Gasteiger partial charge on any atom is 0.230 e. The van der Waals surface area contributed by atoms with E-state index in [-0.39, 0.29) is 11.3 Å². The summed E-state index contributed by atoms with van der Waals surface area (Å²) in [7, 11) is 3.62. The predicted molar refractivity (Wildman–Crippen MR) is 73.6 cm³/mol. The van der Waals surface area contributed by atoms with Gasteiger partial charge in [0.25, 0.3) is 0 Å². The standard InChI is InChI=1S/C14H28N2O2/c1-4-5-6-11-16(2)13(17)14(12-18-3)7-9-15-10-8-14/h15H,4-12H2,1-3H3. The fourth-order valence-corrected chi connectivity index (χ4v) is 2.71. The molecule has 18 heavy (non-hydrogen) atoms. The molecule has 106 valence electrons. The molecule has 4 nitrogen and oxygen atoms in total. The van der Waals surface area contributed by atoms with Gasteiger partial charge in [-0.25, -0.2) is 0 Å². The Hall–Kier alpha value is -0.610. The number of amides is 1. The fraction of sp³-hybridized carbons (Fsp3) is 0.929. The highest BCUT2D eigenvalue weighted by atomic mass is 16.5. The first-order valence-corrected chi connectivity index (χ1v) is 7.11. The Morgan fingerprint density at radius 1 is 1.33 bits per heavy atom. The van der Waals surface area contributed by atoms with Gasteiger partial charge >= 0.3 is 0 Å². The van der Waals surface area contributed by atoms with Gasteiger partial charge in [0.1, 0.15) is 0 Å². The molecule has 0 aromatic carbocycles. The van der Waals surface area contributed by atoms with E-state index < -0.39 is 0 Å². The number of ether oxygens (including phenoxy) is 1. The number of carbonyl (C=O) groups is 1. The Bertz CT molecular complexity index is 245. The minimum absolute atomic E-state index is 0.266. The van der Waals surface area contributed by atoms with Crippen LogP contribution in [0.5, 0.6) is 0 Å². The molecule has 0 aromatic rings. The first-order chi connectivity index (χ1) is 8.66. The first-order valence-electron chi connectivity index (χ1n) is 7.11. The van der Waals surface area contributed by atoms with Crippen molar-refractivity contribution < 1.29 is 9.53 Å². The summed E-state index contributed by atoms with van der Waals surface area (Å²) in [4.78, 5) is 14.5. The van der Waals surface area contributed by atoms with Gasteiger partial charge in [-0.2, -0.15) is 0 Å². The number of methoxy groups -OCH3 is 1. The zero-order valence-corrected chi connectivity index (χ0v) is 12.1. The van der Waals surface area contributed by atoms with Crippen LogP contribution in [0, 0.1) is 5.41 Å². The maximum absolute atomic E-state index is 12.6. The largest absolute Gasteiger partial charge is 0.384 e. The van der Waals surface area contributed by atoms with E-state index in [2.05, 4.69) is 12.2 Å². The quantitative estimate of drug-likeness (QED) is 0.704. The van der Waals surface area contributed by atoms with Gasteiger partial charge < -0.3 is 15.0 Å². The van der Waals surface area contributed by atoms with Gasteiger partial charge in [0.05, 0.1) is 12.0 Å². The molecule has 1 fully saturated rings. The topological polar surface area (TPSA) is 41.6 Å². The third-order valence-corrected chi connectivity index (χ3v) is 3.88. The Kier molecular flexibility index (Phi) is 6.65. The van der Waals surface area contributed by atoms with E-state index in [1.165, 1.54) is 12.8 Å². The Morgan fingerprint density at radius 2 is 2.00 bits per heavy atom. The highest BCUT2D eigenvalue weighted by Gasteiger charge is 2.41. The molecule has 4 heteroatoms. The minimum atomic E-state index is -0.291. The lowest BCUT2D eigenvalue weighted by Crippen LogP contribution is -2.50. The summed E-state index contributed by atoms with van der Waals surface area (Å²) in [5.74, 6) is 0.266. The van der Waals surface area contributed by atoms with Crippen LogP contribution in [0.15, 0.2) is 0 Å². The number of hydrogen-bond acceptors (Lipinski definition) is 3. The van der Waals surface area contributed by atoms with Gasteiger partial charge in [-0.1, -0.05) is 19.8 Å². The highest BCUT2D eigenvalue weighted by Crippen LogP contribution is 2.31. The average Bonchev–Trinajstić information content (AvgIpc) is 2.39. The molecule has 1 heterocycles. The van der Waals surface area contributed by atoms with E-state index in [9.17, 15) is 4.79 Å². The molecule has 1 aliphatic rings. The molecule has 1 N–H and O–H groups in total. The summed E-state index contributed by atoms with van der Waals surface area (Å²) in [5, 5.41) is 3.32. The molecule has 1 aliphatic heterocycles. The molecule has 0 bridgehead atoms. The molecule has 1 rings (SSSR count). The van der Waals surface area contributed by atoms with Crippen molar-refractivity contribution in [3.05, 3.63) is 0 Å². The van der Waals surface area contributed by atoms with E-state index in [1.54, 1.807) is 7.11 Å². The molecule has 1 amide bonds. The van der Waals surface area contributed by atoms with Crippen LogP contribution >= 0.6 is 0 Å². The lowest BCUT2D eigenvalue weighted by molar-refractivity contribution is -0.146. The Balaban J connectivity index is 2.57. The summed E-state index contributed by atoms with van der Waals surface area (Å²) >= 11 is 0. The minimum Gasteiger partial charge on any atom is -0.384 e. The van der Waals surface area contributed by atoms with E-state index >= 15 is 0 Å². The normalized spacial score (nSPS) is 18.6. The molecular formula is C14H28N2O2. The lowest BCUT2D eigenvalue weighted by atomic mass is 9.78. The second-order valence-electron chi connectivity index (χ2n) is 5.40. The van der Waals surface area contributed by atoms with Crippen LogP contribution in [0.2, 0.25) is 0 Å². The summed E-state index contributed by atoms with van der Waals surface area (Å²) in [5.41, 5.74) is -0.291. The van der Waals surface area contributed by atoms with Gasteiger partial charge in [0, 0.05) is 20.7 Å². The summed E-state index contributed by atoms with van der Waals surface area (Å²) in [6, 6.07) is 0. The number of nitrogens with zero attached hydrogens (tertiary/aromatic N) is 1. The Labute approximate surface area is 111 Å². The number of unbranched alkanes of at least 4 members (excludes halogenated alkanes) is 2. The van der Waals surface area contributed by atoms with Crippen LogP contribution in [0.1, 0.15) is 39.0 Å². The van der Waals surface area contributed by atoms with Gasteiger partial charge in [0.15, 0.2) is 0 Å². The van der Waals surface area contributed by atoms with Crippen LogP contribution in [0.4, 0.5) is 0 Å². The van der Waals surface area contributed by atoms with Gasteiger partial charge in [0.2, 0.25) is 5.91 Å². The molecule has 0 unspecified atom stereocenters. The van der Waals surface area contributed by atoms with Crippen LogP contribution in [0.3, 0.4) is 0 Å². The SMILES string of the molecule is CCCCCN(C)C(=O)C1(COC)CCNCC1. The maximum atomic E-state index is 12.6. The van der Waals surface area contributed by atoms with Gasteiger partial charge in [-0.05, 0) is 32.4 Å². The van der Waals surface area contributed by atoms with Crippen LogP contribution in [-0.2, 0) is 9.53 Å². The zero-order valence-electron chi connectivity index (χ0n) is 12.1. The van der Waals surface area contributed by atoms with E-state index in [0.29, 0.717) is 6.61 Å². The molecule has 0 atom stereocenters. The van der Waals surface area contributed by atoms with E-state index in [0.717, 1.165) is 38.9 Å². The number of carbonyl (C=O) groups excluding carboxylic acids is 1. The Morgan fingerprint density at radius 3 is 2.56 bits per heavy atom. The molecule has 0 aromatic heterocycles. The first kappa shape index (κ1) is 15.4. The molecule has 0 aliphatic carbocycles. The van der Waals surface area contributed by atoms with Gasteiger partial charge in [-0.3, -0.25) is 4.79 Å². The van der Waals surface area contributed by atoms with Crippen LogP contribution in [0.25, 0.3) is 0 Å². The number of nitrogens with one attached hydrogen (secondary N) is 1. The van der Waals surface area contributed by atoms with Crippen molar-refractivity contribution in [2.75, 3.05) is 40.4 Å². The lowest BCUT2D eigenvalue weighted by Gasteiger charge is -2.38. The van der Waals surface area contributed by atoms with E-state index in [1.807, 2.05) is 11.9 Å². The zero-order chi connectivity index (χ0) is 13.4. The fourth-order valence-electron chi connectivity index (χ4n) is 2.71. The number of rotatable bonds is 7. The summed E-state index contributed by atoms with van der Waals surface area (Å²) in [6.45, 7) is 5.42. The van der Waals surface area contributed by atoms with Crippen molar-refractivity contribution in [2.24, 2.45) is 5.41 Å². The molecule has 0 saturated carbocycles. The van der Waals surface area contributed by atoms with E-state index in [4.69, 9.17) is 4.74 Å². The number of piperidine rings is 1. The van der Waals surface area contributed by atoms with Crippen LogP contribution < -0.4 is 5.32 Å². The molecular weight excluding hydrogens is 228 g/mol. The third-order valence-electron chi connectivity index (χ3n) is 3.88. The van der Waals surface area contributed by atoms with Crippen molar-refractivity contribution in [2.45, 2.75) is 39.0 Å². The van der Waals surface area contributed by atoms with Crippen molar-refractivity contribution in [1.29, 1.82) is 0 Å². The smallest absolute Gasteiger partial charge is 0.230 e. The molecule has 0 radical (unpaired) electrons. The van der Waals surface area contributed by atoms with Crippen molar-refractivity contribution >= 4 is 5.91 Å². The monoisotopic (exact) mass is 256 g/mol. The highest BCUT2D eigenvalue weighted by molar-refractivity contribution is 5.82. The third kappa shape index (κ3) is 3.95. The average molecular weight is 256 g/mol. The number of hydrogen-bond donors (Lipinski definition) is 1. The van der Waals surface area contributed by atoms with Crippen molar-refractivity contribution in [1.82, 2.24) is 10.2 Å². The summed E-state index contributed by atoms with van der Waals surface area (Å²) in [6.07, 6.45) is 5.25. The second kappa shape index (κ2) is 7.74. The second-order valence-corrected chi connectivity index (χ2v) is 5.40. The predicted octanol–water partition coefficient (Wildman–Crippen LogP) is 1.65. The van der Waals surface area contributed by atoms with Crippen molar-refractivity contribution in [3.63, 3.8) is 0 Å². The van der Waals surface area contributed by atoms with Crippen LogP contribution in [-0.4, -0.2) is 51.2 Å². The van der Waals surface area contributed by atoms with Gasteiger partial charge in [-0.15, -0.1) is 0 Å². The molecule has 0 spiro atoms.